The minimum atomic E-state index is -1.17. The first-order valence-corrected chi connectivity index (χ1v) is 13.7. The second kappa shape index (κ2) is 10.1. The van der Waals surface area contributed by atoms with Crippen LogP contribution in [0.2, 0.25) is 5.02 Å². The average molecular weight is 571 g/mol. The highest BCUT2D eigenvalue weighted by Gasteiger charge is 2.53. The summed E-state index contributed by atoms with van der Waals surface area (Å²) in [4.78, 5) is 59.4. The minimum absolute atomic E-state index is 0.0317. The fraction of sp³-hybridized carbons (Fsp3) is 0.226. The molecule has 2 aliphatic heterocycles. The number of fused-ring (bicyclic) bond motifs is 4. The maximum Gasteiger partial charge on any atom is 0.332 e. The van der Waals surface area contributed by atoms with Gasteiger partial charge in [0, 0.05) is 28.0 Å². The number of carbonyl (C=O) groups is 4. The molecule has 3 N–H and O–H groups in total. The van der Waals surface area contributed by atoms with Gasteiger partial charge in [0.05, 0.1) is 11.3 Å². The summed E-state index contributed by atoms with van der Waals surface area (Å²) in [6, 6.07) is 18.1. The van der Waals surface area contributed by atoms with Gasteiger partial charge < -0.3 is 15.4 Å². The summed E-state index contributed by atoms with van der Waals surface area (Å²) in [5.74, 6) is -2.70. The van der Waals surface area contributed by atoms with E-state index in [1.54, 1.807) is 49.1 Å². The second-order valence-electron chi connectivity index (χ2n) is 10.7. The molecule has 41 heavy (non-hydrogen) atoms. The highest BCUT2D eigenvalue weighted by Crippen LogP contribution is 2.45. The third kappa shape index (κ3) is 4.33. The first-order chi connectivity index (χ1) is 19.7. The summed E-state index contributed by atoms with van der Waals surface area (Å²) >= 11 is 6.37. The Hall–Kier alpha value is -4.63. The molecule has 3 aromatic carbocycles. The lowest BCUT2D eigenvalue weighted by Gasteiger charge is -2.36. The average Bonchev–Trinajstić information content (AvgIpc) is 3.44. The molecular weight excluding hydrogens is 544 g/mol. The molecule has 10 heteroatoms. The van der Waals surface area contributed by atoms with Crippen LogP contribution in [-0.4, -0.2) is 50.9 Å². The number of hydrogen-bond donors (Lipinski definition) is 3. The maximum absolute atomic E-state index is 14.2. The van der Waals surface area contributed by atoms with Crippen LogP contribution in [0.4, 0.5) is 10.5 Å². The van der Waals surface area contributed by atoms with E-state index in [0.717, 1.165) is 32.6 Å². The van der Waals surface area contributed by atoms with Gasteiger partial charge in [-0.3, -0.25) is 14.5 Å². The number of para-hydroxylation sites is 2. The number of aromatic nitrogens is 1. The molecule has 1 aromatic heterocycles. The topological polar surface area (TPSA) is 123 Å². The summed E-state index contributed by atoms with van der Waals surface area (Å²) in [5, 5.41) is 13.6. The number of hydrogen-bond acceptors (Lipinski definition) is 4. The Kier molecular flexibility index (Phi) is 6.54. The molecular formula is C31H27ClN4O5. The number of imide groups is 1. The summed E-state index contributed by atoms with van der Waals surface area (Å²) in [5.41, 5.74) is 3.53. The van der Waals surface area contributed by atoms with Gasteiger partial charge in [-0.1, -0.05) is 67.9 Å². The lowest BCUT2D eigenvalue weighted by atomic mass is 9.89. The van der Waals surface area contributed by atoms with Crippen LogP contribution in [0.1, 0.15) is 47.1 Å². The molecule has 208 valence electrons. The monoisotopic (exact) mass is 570 g/mol. The number of aliphatic carboxylic acids is 1. The molecule has 2 aliphatic rings. The van der Waals surface area contributed by atoms with Crippen molar-refractivity contribution in [2.75, 3.05) is 4.90 Å². The van der Waals surface area contributed by atoms with Crippen LogP contribution in [-0.2, 0) is 16.0 Å². The van der Waals surface area contributed by atoms with Crippen LogP contribution in [0.25, 0.3) is 10.9 Å². The van der Waals surface area contributed by atoms with Crippen LogP contribution in [0.3, 0.4) is 0 Å². The van der Waals surface area contributed by atoms with Crippen LogP contribution in [0.15, 0.2) is 72.8 Å². The minimum Gasteiger partial charge on any atom is -0.480 e. The predicted octanol–water partition coefficient (Wildman–Crippen LogP) is 5.14. The Morgan fingerprint density at radius 1 is 1.02 bits per heavy atom. The zero-order valence-corrected chi connectivity index (χ0v) is 23.1. The van der Waals surface area contributed by atoms with Crippen LogP contribution in [0.5, 0.6) is 0 Å². The van der Waals surface area contributed by atoms with Gasteiger partial charge in [0.15, 0.2) is 0 Å². The zero-order valence-electron chi connectivity index (χ0n) is 22.3. The summed E-state index contributed by atoms with van der Waals surface area (Å²) in [7, 11) is 0. The quantitative estimate of drug-likeness (QED) is 0.277. The Labute approximate surface area is 240 Å². The fourth-order valence-corrected chi connectivity index (χ4v) is 6.11. The van der Waals surface area contributed by atoms with E-state index in [0.29, 0.717) is 11.4 Å². The number of benzene rings is 3. The predicted molar refractivity (Wildman–Crippen MR) is 154 cm³/mol. The first kappa shape index (κ1) is 26.6. The summed E-state index contributed by atoms with van der Waals surface area (Å²) in [6.45, 7) is 3.37. The van der Waals surface area contributed by atoms with E-state index in [-0.39, 0.29) is 17.2 Å². The molecule has 4 aromatic rings. The Bertz CT molecular complexity index is 1730. The van der Waals surface area contributed by atoms with Crippen molar-refractivity contribution in [1.29, 1.82) is 0 Å². The van der Waals surface area contributed by atoms with E-state index in [4.69, 9.17) is 11.6 Å². The molecule has 0 unspecified atom stereocenters. The van der Waals surface area contributed by atoms with E-state index in [1.165, 1.54) is 12.1 Å². The molecule has 1 fully saturated rings. The van der Waals surface area contributed by atoms with Crippen molar-refractivity contribution < 1.29 is 24.3 Å². The molecule has 3 heterocycles. The second-order valence-corrected chi connectivity index (χ2v) is 11.1. The standard InChI is InChI=1S/C31H27ClN4O5/c1-16(2)25(30(39)40)34-28(37)20-11-4-6-13-23(20)36-29(38)24-15-21-19-10-3-5-12-22(19)33-26(21)27(35(24)31(36)41)17-8-7-9-18(32)14-17/h3-14,16,24-25,27,33H,15H2,1-2H3,(H,34,37)(H,39,40)/t24-,25+,27-/m0/s1. The first-order valence-electron chi connectivity index (χ1n) is 13.3. The molecule has 6 rings (SSSR count). The molecule has 4 amide bonds. The number of amides is 4. The van der Waals surface area contributed by atoms with E-state index in [2.05, 4.69) is 10.3 Å². The number of H-pyrrole nitrogens is 1. The van der Waals surface area contributed by atoms with E-state index in [1.807, 2.05) is 30.3 Å². The number of carboxylic acids is 1. The lowest BCUT2D eigenvalue weighted by molar-refractivity contribution is -0.140. The molecule has 0 aliphatic carbocycles. The van der Waals surface area contributed by atoms with Crippen molar-refractivity contribution in [2.45, 2.75) is 38.4 Å². The van der Waals surface area contributed by atoms with Gasteiger partial charge in [0.2, 0.25) is 0 Å². The van der Waals surface area contributed by atoms with Crippen LogP contribution < -0.4 is 10.2 Å². The van der Waals surface area contributed by atoms with Crippen molar-refractivity contribution in [3.05, 3.63) is 100 Å². The zero-order chi connectivity index (χ0) is 29.0. The fourth-order valence-electron chi connectivity index (χ4n) is 5.91. The number of carboxylic acid groups (broad SMARTS) is 1. The Morgan fingerprint density at radius 2 is 1.76 bits per heavy atom. The highest BCUT2D eigenvalue weighted by molar-refractivity contribution is 6.30. The summed E-state index contributed by atoms with van der Waals surface area (Å²) < 4.78 is 0. The Balaban J connectivity index is 1.45. The van der Waals surface area contributed by atoms with Crippen molar-refractivity contribution >= 4 is 52.0 Å². The molecule has 0 radical (unpaired) electrons. The van der Waals surface area contributed by atoms with Gasteiger partial charge in [0.25, 0.3) is 11.8 Å². The van der Waals surface area contributed by atoms with E-state index >= 15 is 0 Å². The number of nitrogens with one attached hydrogen (secondary N) is 2. The third-order valence-corrected chi connectivity index (χ3v) is 8.06. The maximum atomic E-state index is 14.2. The normalized spacial score (nSPS) is 18.9. The van der Waals surface area contributed by atoms with Crippen molar-refractivity contribution in [2.24, 2.45) is 5.92 Å². The number of anilines is 1. The molecule has 9 nitrogen and oxygen atoms in total. The van der Waals surface area contributed by atoms with Gasteiger partial charge in [-0.05, 0) is 47.4 Å². The molecule has 0 spiro atoms. The number of carbonyl (C=O) groups excluding carboxylic acids is 3. The smallest absolute Gasteiger partial charge is 0.332 e. The molecule has 3 atom stereocenters. The van der Waals surface area contributed by atoms with Gasteiger partial charge in [-0.2, -0.15) is 0 Å². The molecule has 0 bridgehead atoms. The van der Waals surface area contributed by atoms with Crippen molar-refractivity contribution in [3.8, 4) is 0 Å². The SMILES string of the molecule is CC(C)[C@@H](NC(=O)c1ccccc1N1C(=O)[C@@H]2Cc3c([nH]c4ccccc34)[C@H](c3cccc(Cl)c3)N2C1=O)C(=O)O. The third-order valence-electron chi connectivity index (χ3n) is 7.82. The largest absolute Gasteiger partial charge is 0.480 e. The van der Waals surface area contributed by atoms with Gasteiger partial charge >= 0.3 is 12.0 Å². The number of nitrogens with zero attached hydrogens (tertiary/aromatic N) is 2. The number of urea groups is 1. The Morgan fingerprint density at radius 3 is 2.49 bits per heavy atom. The van der Waals surface area contributed by atoms with Crippen LogP contribution in [0, 0.1) is 5.92 Å². The van der Waals surface area contributed by atoms with Crippen LogP contribution >= 0.6 is 11.6 Å². The van der Waals surface area contributed by atoms with E-state index in [9.17, 15) is 24.3 Å². The highest BCUT2D eigenvalue weighted by atomic mass is 35.5. The van der Waals surface area contributed by atoms with Gasteiger partial charge in [0.1, 0.15) is 18.1 Å². The van der Waals surface area contributed by atoms with Crippen molar-refractivity contribution in [3.63, 3.8) is 0 Å². The lowest BCUT2D eigenvalue weighted by Crippen LogP contribution is -2.45. The summed E-state index contributed by atoms with van der Waals surface area (Å²) in [6.07, 6.45) is 0.292. The molecule has 1 saturated heterocycles. The number of aromatic amines is 1. The van der Waals surface area contributed by atoms with Gasteiger partial charge in [-0.25, -0.2) is 14.5 Å². The number of rotatable bonds is 6. The molecule has 0 saturated carbocycles. The van der Waals surface area contributed by atoms with Crippen molar-refractivity contribution in [1.82, 2.24) is 15.2 Å². The number of halogens is 1. The van der Waals surface area contributed by atoms with E-state index < -0.39 is 41.9 Å². The van der Waals surface area contributed by atoms with Gasteiger partial charge in [-0.15, -0.1) is 0 Å².